The average molecular weight is 265 g/mol. The molecule has 1 aromatic heterocycles. The Morgan fingerprint density at radius 3 is 2.67 bits per heavy atom. The normalized spacial score (nSPS) is 10.3. The molecule has 1 heterocycles. The van der Waals surface area contributed by atoms with Gasteiger partial charge in [0.15, 0.2) is 11.4 Å². The van der Waals surface area contributed by atoms with Gasteiger partial charge in [-0.05, 0) is 24.3 Å². The largest absolute Gasteiger partial charge is 0.424 e. The summed E-state index contributed by atoms with van der Waals surface area (Å²) in [5.74, 6) is -1.28. The first-order valence-electron chi connectivity index (χ1n) is 5.06. The fourth-order valence-electron chi connectivity index (χ4n) is 1.54. The van der Waals surface area contributed by atoms with Crippen LogP contribution in [0.4, 0.5) is 0 Å². The Hall–Kier alpha value is -2.14. The van der Waals surface area contributed by atoms with Crippen LogP contribution >= 0.6 is 11.6 Å². The lowest BCUT2D eigenvalue weighted by molar-refractivity contribution is -0.131. The summed E-state index contributed by atoms with van der Waals surface area (Å²) < 4.78 is 4.91. The monoisotopic (exact) mass is 264 g/mol. The van der Waals surface area contributed by atoms with Crippen molar-refractivity contribution in [1.29, 1.82) is 0 Å². The first-order valence-corrected chi connectivity index (χ1v) is 5.43. The Morgan fingerprint density at radius 1 is 1.33 bits per heavy atom. The van der Waals surface area contributed by atoms with Crippen LogP contribution in [-0.2, 0) is 4.79 Å². The Morgan fingerprint density at radius 2 is 2.06 bits per heavy atom. The minimum absolute atomic E-state index is 0.0322. The Kier molecular flexibility index (Phi) is 3.16. The van der Waals surface area contributed by atoms with Gasteiger partial charge in [0.1, 0.15) is 0 Å². The quantitative estimate of drug-likeness (QED) is 0.840. The van der Waals surface area contributed by atoms with Gasteiger partial charge in [0.05, 0.1) is 5.52 Å². The van der Waals surface area contributed by atoms with Crippen molar-refractivity contribution in [2.24, 2.45) is 5.73 Å². The predicted molar refractivity (Wildman–Crippen MR) is 66.6 cm³/mol. The van der Waals surface area contributed by atoms with Gasteiger partial charge in [-0.1, -0.05) is 11.6 Å². The molecule has 0 saturated heterocycles. The fourth-order valence-corrected chi connectivity index (χ4v) is 1.72. The highest BCUT2D eigenvalue weighted by Crippen LogP contribution is 2.25. The maximum Gasteiger partial charge on any atom is 0.308 e. The van der Waals surface area contributed by atoms with E-state index in [9.17, 15) is 9.59 Å². The van der Waals surface area contributed by atoms with E-state index in [2.05, 4.69) is 4.98 Å². The number of amides is 1. The van der Waals surface area contributed by atoms with Gasteiger partial charge in [-0.25, -0.2) is 4.98 Å². The van der Waals surface area contributed by atoms with Crippen molar-refractivity contribution >= 4 is 34.4 Å². The van der Waals surface area contributed by atoms with Crippen LogP contribution in [-0.4, -0.2) is 16.9 Å². The van der Waals surface area contributed by atoms with Crippen LogP contribution in [0.5, 0.6) is 5.75 Å². The molecule has 18 heavy (non-hydrogen) atoms. The van der Waals surface area contributed by atoms with E-state index in [0.717, 1.165) is 0 Å². The zero-order valence-corrected chi connectivity index (χ0v) is 10.2. The smallest absolute Gasteiger partial charge is 0.308 e. The predicted octanol–water partition coefficient (Wildman–Crippen LogP) is 1.91. The zero-order chi connectivity index (χ0) is 13.3. The van der Waals surface area contributed by atoms with Gasteiger partial charge < -0.3 is 10.5 Å². The van der Waals surface area contributed by atoms with Crippen LogP contribution < -0.4 is 10.5 Å². The van der Waals surface area contributed by atoms with E-state index in [1.165, 1.54) is 13.0 Å². The summed E-state index contributed by atoms with van der Waals surface area (Å²) in [4.78, 5) is 26.3. The summed E-state index contributed by atoms with van der Waals surface area (Å²) in [7, 11) is 0. The fraction of sp³-hybridized carbons (Fsp3) is 0.0833. The molecule has 2 aromatic rings. The number of carbonyl (C=O) groups excluding carboxylic acids is 2. The molecule has 0 atom stereocenters. The van der Waals surface area contributed by atoms with Crippen molar-refractivity contribution in [2.45, 2.75) is 6.92 Å². The van der Waals surface area contributed by atoms with Crippen molar-refractivity contribution < 1.29 is 14.3 Å². The summed E-state index contributed by atoms with van der Waals surface area (Å²) in [6.07, 6.45) is 0. The number of benzene rings is 1. The third-order valence-corrected chi connectivity index (χ3v) is 2.46. The number of hydrogen-bond donors (Lipinski definition) is 1. The van der Waals surface area contributed by atoms with Gasteiger partial charge in [0.2, 0.25) is 0 Å². The molecule has 2 N–H and O–H groups in total. The van der Waals surface area contributed by atoms with Crippen molar-refractivity contribution in [3.63, 3.8) is 0 Å². The minimum Gasteiger partial charge on any atom is -0.424 e. The van der Waals surface area contributed by atoms with E-state index in [4.69, 9.17) is 22.1 Å². The van der Waals surface area contributed by atoms with Crippen LogP contribution in [0.15, 0.2) is 24.3 Å². The molecule has 0 fully saturated rings. The highest BCUT2D eigenvalue weighted by Gasteiger charge is 2.15. The molecule has 0 radical (unpaired) electrons. The van der Waals surface area contributed by atoms with Crippen LogP contribution in [0, 0.1) is 0 Å². The lowest BCUT2D eigenvalue weighted by atomic mass is 10.2. The van der Waals surface area contributed by atoms with Crippen molar-refractivity contribution in [2.75, 3.05) is 0 Å². The van der Waals surface area contributed by atoms with Crippen LogP contribution in [0.3, 0.4) is 0 Å². The molecule has 0 aliphatic rings. The number of hydrogen-bond acceptors (Lipinski definition) is 4. The topological polar surface area (TPSA) is 82.3 Å². The number of nitrogens with two attached hydrogens (primary N) is 1. The molecule has 1 amide bonds. The minimum atomic E-state index is -0.761. The van der Waals surface area contributed by atoms with Crippen LogP contribution in [0.2, 0.25) is 5.02 Å². The van der Waals surface area contributed by atoms with Crippen LogP contribution in [0.25, 0.3) is 10.9 Å². The van der Waals surface area contributed by atoms with Crippen molar-refractivity contribution in [1.82, 2.24) is 4.98 Å². The maximum absolute atomic E-state index is 11.3. The highest BCUT2D eigenvalue weighted by atomic mass is 35.5. The second kappa shape index (κ2) is 4.62. The average Bonchev–Trinajstić information content (AvgIpc) is 2.26. The SMILES string of the molecule is CC(=O)Oc1cc2cc(Cl)ccc2nc1C(N)=O. The zero-order valence-electron chi connectivity index (χ0n) is 9.44. The van der Waals surface area contributed by atoms with Gasteiger partial charge >= 0.3 is 5.97 Å². The first-order chi connectivity index (χ1) is 8.47. The molecule has 92 valence electrons. The first kappa shape index (κ1) is 12.3. The summed E-state index contributed by atoms with van der Waals surface area (Å²) >= 11 is 5.85. The maximum atomic E-state index is 11.3. The summed E-state index contributed by atoms with van der Waals surface area (Å²) in [5.41, 5.74) is 5.65. The number of nitrogens with zero attached hydrogens (tertiary/aromatic N) is 1. The number of esters is 1. The molecule has 0 aliphatic carbocycles. The number of fused-ring (bicyclic) bond motifs is 1. The molecule has 5 nitrogen and oxygen atoms in total. The second-order valence-electron chi connectivity index (χ2n) is 3.63. The van der Waals surface area contributed by atoms with Gasteiger partial charge in [0, 0.05) is 17.3 Å². The van der Waals surface area contributed by atoms with Gasteiger partial charge in [0.25, 0.3) is 5.91 Å². The van der Waals surface area contributed by atoms with E-state index in [1.807, 2.05) is 0 Å². The Labute approximate surface area is 108 Å². The van der Waals surface area contributed by atoms with Gasteiger partial charge in [-0.3, -0.25) is 9.59 Å². The standard InChI is InChI=1S/C12H9ClN2O3/c1-6(16)18-10-5-7-4-8(13)2-3-9(7)15-11(10)12(14)17/h2-5H,1H3,(H2,14,17). The van der Waals surface area contributed by atoms with Crippen LogP contribution in [0.1, 0.15) is 17.4 Å². The van der Waals surface area contributed by atoms with Gasteiger partial charge in [-0.15, -0.1) is 0 Å². The molecule has 0 saturated carbocycles. The number of rotatable bonds is 2. The third-order valence-electron chi connectivity index (χ3n) is 2.23. The number of aromatic nitrogens is 1. The Balaban J connectivity index is 2.68. The number of primary amides is 1. The molecule has 0 spiro atoms. The molecule has 0 bridgehead atoms. The lowest BCUT2D eigenvalue weighted by Crippen LogP contribution is -2.16. The number of carbonyl (C=O) groups is 2. The van der Waals surface area contributed by atoms with E-state index in [0.29, 0.717) is 15.9 Å². The molecule has 0 aliphatic heterocycles. The van der Waals surface area contributed by atoms with E-state index in [-0.39, 0.29) is 11.4 Å². The molecule has 2 rings (SSSR count). The number of ether oxygens (including phenoxy) is 1. The molecule has 1 aromatic carbocycles. The Bertz CT molecular complexity index is 655. The summed E-state index contributed by atoms with van der Waals surface area (Å²) in [6.45, 7) is 1.23. The van der Waals surface area contributed by atoms with E-state index >= 15 is 0 Å². The third kappa shape index (κ3) is 2.41. The van der Waals surface area contributed by atoms with Crippen molar-refractivity contribution in [3.05, 3.63) is 35.0 Å². The molecular weight excluding hydrogens is 256 g/mol. The molecule has 0 unspecified atom stereocenters. The van der Waals surface area contributed by atoms with E-state index < -0.39 is 11.9 Å². The summed E-state index contributed by atoms with van der Waals surface area (Å²) in [6, 6.07) is 6.46. The number of pyridine rings is 1. The molecule has 6 heteroatoms. The van der Waals surface area contributed by atoms with Gasteiger partial charge in [-0.2, -0.15) is 0 Å². The molecular formula is C12H9ClN2O3. The summed E-state index contributed by atoms with van der Waals surface area (Å²) in [5, 5.41) is 1.17. The lowest BCUT2D eigenvalue weighted by Gasteiger charge is -2.07. The second-order valence-corrected chi connectivity index (χ2v) is 4.07. The highest BCUT2D eigenvalue weighted by molar-refractivity contribution is 6.31. The van der Waals surface area contributed by atoms with Crippen molar-refractivity contribution in [3.8, 4) is 5.75 Å². The van der Waals surface area contributed by atoms with E-state index in [1.54, 1.807) is 18.2 Å². The number of halogens is 1.